The van der Waals surface area contributed by atoms with Gasteiger partial charge in [0.05, 0.1) is 16.3 Å². The van der Waals surface area contributed by atoms with E-state index in [9.17, 15) is 4.79 Å². The van der Waals surface area contributed by atoms with Crippen LogP contribution in [-0.2, 0) is 6.42 Å². The van der Waals surface area contributed by atoms with Crippen LogP contribution in [0.1, 0.15) is 15.9 Å². The molecule has 0 saturated heterocycles. The molecule has 5 N–H and O–H groups in total. The molecule has 1 heterocycles. The summed E-state index contributed by atoms with van der Waals surface area (Å²) in [6.45, 7) is 0.619. The van der Waals surface area contributed by atoms with Crippen LogP contribution >= 0.6 is 11.6 Å². The van der Waals surface area contributed by atoms with Gasteiger partial charge in [-0.2, -0.15) is 0 Å². The lowest BCUT2D eigenvalue weighted by Crippen LogP contribution is -2.16. The van der Waals surface area contributed by atoms with Crippen molar-refractivity contribution in [3.8, 4) is 0 Å². The molecule has 104 valence electrons. The maximum atomic E-state index is 11.4. The molecule has 1 amide bonds. The Morgan fingerprint density at radius 3 is 2.65 bits per heavy atom. The fraction of sp³-hybridized carbons (Fsp3) is 0.143. The number of nitrogen functional groups attached to an aromatic ring is 1. The Morgan fingerprint density at radius 2 is 2.00 bits per heavy atom. The van der Waals surface area contributed by atoms with E-state index >= 15 is 0 Å². The van der Waals surface area contributed by atoms with E-state index in [4.69, 9.17) is 23.1 Å². The number of halogens is 1. The molecule has 0 saturated carbocycles. The minimum absolute atomic E-state index is 0.296. The molecule has 0 aliphatic heterocycles. The third kappa shape index (κ3) is 3.39. The molecule has 0 atom stereocenters. The second-order valence-electron chi connectivity index (χ2n) is 4.32. The Bertz CT molecular complexity index is 616. The number of hydrogen-bond donors (Lipinski definition) is 3. The van der Waals surface area contributed by atoms with Crippen LogP contribution in [0.4, 0.5) is 11.4 Å². The molecule has 0 aliphatic carbocycles. The Balaban J connectivity index is 2.11. The van der Waals surface area contributed by atoms with Gasteiger partial charge in [-0.1, -0.05) is 11.6 Å². The van der Waals surface area contributed by atoms with Gasteiger partial charge in [0.15, 0.2) is 0 Å². The molecule has 5 nitrogen and oxygen atoms in total. The molecular weight excluding hydrogens is 276 g/mol. The monoisotopic (exact) mass is 290 g/mol. The number of pyridine rings is 1. The number of nitrogens with one attached hydrogen (secondary N) is 1. The summed E-state index contributed by atoms with van der Waals surface area (Å²) in [5.41, 5.74) is 13.3. The van der Waals surface area contributed by atoms with E-state index in [1.165, 1.54) is 6.07 Å². The van der Waals surface area contributed by atoms with Gasteiger partial charge in [0.25, 0.3) is 5.91 Å². The molecule has 1 aromatic carbocycles. The largest absolute Gasteiger partial charge is 0.399 e. The van der Waals surface area contributed by atoms with Crippen LogP contribution in [0, 0.1) is 0 Å². The molecule has 1 aromatic heterocycles. The van der Waals surface area contributed by atoms with Crippen LogP contribution in [0.25, 0.3) is 0 Å². The van der Waals surface area contributed by atoms with Crippen molar-refractivity contribution in [1.29, 1.82) is 0 Å². The van der Waals surface area contributed by atoms with Crippen molar-refractivity contribution in [2.75, 3.05) is 17.6 Å². The first-order chi connectivity index (χ1) is 9.58. The topological polar surface area (TPSA) is 94.0 Å². The summed E-state index contributed by atoms with van der Waals surface area (Å²) in [4.78, 5) is 15.4. The first kappa shape index (κ1) is 14.1. The van der Waals surface area contributed by atoms with Crippen molar-refractivity contribution in [3.63, 3.8) is 0 Å². The summed E-state index contributed by atoms with van der Waals surface area (Å²) in [5, 5.41) is 3.51. The van der Waals surface area contributed by atoms with Crippen LogP contribution in [-0.4, -0.2) is 17.4 Å². The van der Waals surface area contributed by atoms with Gasteiger partial charge in [-0.05, 0) is 36.2 Å². The summed E-state index contributed by atoms with van der Waals surface area (Å²) < 4.78 is 0. The number of primary amides is 1. The number of anilines is 2. The number of benzene rings is 1. The van der Waals surface area contributed by atoms with Crippen LogP contribution in [0.15, 0.2) is 36.7 Å². The van der Waals surface area contributed by atoms with Gasteiger partial charge >= 0.3 is 0 Å². The van der Waals surface area contributed by atoms with Gasteiger partial charge in [0.2, 0.25) is 0 Å². The number of carbonyl (C=O) groups excluding carboxylic acids is 1. The number of nitrogens with zero attached hydrogens (tertiary/aromatic N) is 1. The number of rotatable bonds is 5. The molecule has 6 heteroatoms. The fourth-order valence-corrected chi connectivity index (χ4v) is 2.18. The Morgan fingerprint density at radius 1 is 1.30 bits per heavy atom. The van der Waals surface area contributed by atoms with Crippen LogP contribution < -0.4 is 16.8 Å². The average Bonchev–Trinajstić information content (AvgIpc) is 2.41. The van der Waals surface area contributed by atoms with E-state index < -0.39 is 5.91 Å². The van der Waals surface area contributed by atoms with Gasteiger partial charge in [0.1, 0.15) is 0 Å². The van der Waals surface area contributed by atoms with E-state index in [0.717, 1.165) is 12.0 Å². The molecule has 0 fully saturated rings. The highest BCUT2D eigenvalue weighted by Gasteiger charge is 2.12. The Hall–Kier alpha value is -2.27. The van der Waals surface area contributed by atoms with E-state index in [1.54, 1.807) is 18.5 Å². The molecular formula is C14H15ClN4O. The number of hydrogen-bond acceptors (Lipinski definition) is 4. The van der Waals surface area contributed by atoms with Crippen molar-refractivity contribution in [2.45, 2.75) is 6.42 Å². The highest BCUT2D eigenvalue weighted by atomic mass is 35.5. The molecule has 0 aliphatic rings. The fourth-order valence-electron chi connectivity index (χ4n) is 1.88. The van der Waals surface area contributed by atoms with Crippen molar-refractivity contribution in [2.24, 2.45) is 5.73 Å². The zero-order valence-electron chi connectivity index (χ0n) is 10.8. The van der Waals surface area contributed by atoms with Gasteiger partial charge < -0.3 is 16.8 Å². The smallest absolute Gasteiger partial charge is 0.250 e. The molecule has 2 aromatic rings. The summed E-state index contributed by atoms with van der Waals surface area (Å²) in [6, 6.07) is 6.97. The first-order valence-electron chi connectivity index (χ1n) is 6.09. The second-order valence-corrected chi connectivity index (χ2v) is 4.73. The molecule has 0 unspecified atom stereocenters. The lowest BCUT2D eigenvalue weighted by molar-refractivity contribution is 0.100. The summed E-state index contributed by atoms with van der Waals surface area (Å²) >= 11 is 6.10. The van der Waals surface area contributed by atoms with Gasteiger partial charge in [-0.25, -0.2) is 0 Å². The molecule has 20 heavy (non-hydrogen) atoms. The zero-order chi connectivity index (χ0) is 14.5. The lowest BCUT2D eigenvalue weighted by atomic mass is 10.1. The van der Waals surface area contributed by atoms with E-state index in [1.807, 2.05) is 12.1 Å². The van der Waals surface area contributed by atoms with Crippen LogP contribution in [0.5, 0.6) is 0 Å². The maximum absolute atomic E-state index is 11.4. The summed E-state index contributed by atoms with van der Waals surface area (Å²) in [7, 11) is 0. The minimum atomic E-state index is -0.564. The van der Waals surface area contributed by atoms with Crippen LogP contribution in [0.2, 0.25) is 5.02 Å². The van der Waals surface area contributed by atoms with Crippen LogP contribution in [0.3, 0.4) is 0 Å². The molecule has 0 radical (unpaired) electrons. The molecule has 0 bridgehead atoms. The van der Waals surface area contributed by atoms with E-state index in [2.05, 4.69) is 10.3 Å². The number of aromatic nitrogens is 1. The average molecular weight is 291 g/mol. The maximum Gasteiger partial charge on any atom is 0.250 e. The number of nitrogens with two attached hydrogens (primary N) is 2. The third-order valence-electron chi connectivity index (χ3n) is 2.84. The van der Waals surface area contributed by atoms with E-state index in [0.29, 0.717) is 28.5 Å². The SMILES string of the molecule is NC(=O)c1cc(N)cc(Cl)c1NCCc1ccncc1. The van der Waals surface area contributed by atoms with Crippen molar-refractivity contribution in [1.82, 2.24) is 4.98 Å². The van der Waals surface area contributed by atoms with Crippen molar-refractivity contribution in [3.05, 3.63) is 52.8 Å². The normalized spacial score (nSPS) is 10.2. The lowest BCUT2D eigenvalue weighted by Gasteiger charge is -2.13. The molecule has 0 spiro atoms. The number of carbonyl (C=O) groups is 1. The quantitative estimate of drug-likeness (QED) is 0.735. The standard InChI is InChI=1S/C14H15ClN4O/c15-12-8-10(16)7-11(14(17)20)13(12)19-6-3-9-1-4-18-5-2-9/h1-2,4-5,7-8,19H,3,6,16H2,(H2,17,20). The van der Waals surface area contributed by atoms with E-state index in [-0.39, 0.29) is 0 Å². The highest BCUT2D eigenvalue weighted by Crippen LogP contribution is 2.28. The highest BCUT2D eigenvalue weighted by molar-refractivity contribution is 6.34. The second kappa shape index (κ2) is 6.25. The van der Waals surface area contributed by atoms with Gasteiger partial charge in [0, 0.05) is 24.6 Å². The minimum Gasteiger partial charge on any atom is -0.399 e. The predicted molar refractivity (Wildman–Crippen MR) is 80.8 cm³/mol. The van der Waals surface area contributed by atoms with Gasteiger partial charge in [-0.3, -0.25) is 9.78 Å². The molecule has 2 rings (SSSR count). The third-order valence-corrected chi connectivity index (χ3v) is 3.14. The van der Waals surface area contributed by atoms with Gasteiger partial charge in [-0.15, -0.1) is 0 Å². The summed E-state index contributed by atoms with van der Waals surface area (Å²) in [5.74, 6) is -0.564. The summed E-state index contributed by atoms with van der Waals surface area (Å²) in [6.07, 6.45) is 4.25. The number of amides is 1. The predicted octanol–water partition coefficient (Wildman–Crippen LogP) is 2.07. The van der Waals surface area contributed by atoms with Crippen molar-refractivity contribution < 1.29 is 4.79 Å². The van der Waals surface area contributed by atoms with Crippen molar-refractivity contribution >= 4 is 28.9 Å². The zero-order valence-corrected chi connectivity index (χ0v) is 11.5. The first-order valence-corrected chi connectivity index (χ1v) is 6.47. The Labute approximate surface area is 121 Å². The Kier molecular flexibility index (Phi) is 4.42.